The molecule has 5 nitrogen and oxygen atoms in total. The maximum Gasteiger partial charge on any atom is 0.249 e. The summed E-state index contributed by atoms with van der Waals surface area (Å²) in [4.78, 5) is 22.8. The van der Waals surface area contributed by atoms with Gasteiger partial charge in [0, 0.05) is 18.2 Å². The van der Waals surface area contributed by atoms with Gasteiger partial charge in [-0.3, -0.25) is 14.9 Å². The number of amides is 2. The van der Waals surface area contributed by atoms with Crippen LogP contribution in [0.25, 0.3) is 0 Å². The molecule has 0 saturated carbocycles. The third-order valence-corrected chi connectivity index (χ3v) is 3.50. The lowest BCUT2D eigenvalue weighted by Crippen LogP contribution is -2.47. The third-order valence-electron chi connectivity index (χ3n) is 3.50. The van der Waals surface area contributed by atoms with Crippen molar-refractivity contribution in [1.29, 1.82) is 0 Å². The van der Waals surface area contributed by atoms with E-state index in [1.807, 2.05) is 38.1 Å². The summed E-state index contributed by atoms with van der Waals surface area (Å²) in [6.07, 6.45) is 0.930. The van der Waals surface area contributed by atoms with Crippen LogP contribution in [0.2, 0.25) is 0 Å². The van der Waals surface area contributed by atoms with Gasteiger partial charge in [-0.05, 0) is 37.6 Å². The van der Waals surface area contributed by atoms with E-state index in [9.17, 15) is 9.59 Å². The highest BCUT2D eigenvalue weighted by atomic mass is 16.2. The summed E-state index contributed by atoms with van der Waals surface area (Å²) in [5.74, 6) is -0.436. The zero-order valence-corrected chi connectivity index (χ0v) is 13.9. The lowest BCUT2D eigenvalue weighted by atomic mass is 10.0. The third kappa shape index (κ3) is 5.15. The second-order valence-electron chi connectivity index (χ2n) is 5.05. The van der Waals surface area contributed by atoms with Crippen LogP contribution in [0.15, 0.2) is 24.3 Å². The van der Waals surface area contributed by atoms with Gasteiger partial charge in [0.15, 0.2) is 0 Å². The molecule has 1 saturated heterocycles. The maximum atomic E-state index is 11.7. The number of nitrogens with one attached hydrogen (secondary N) is 3. The Kier molecular flexibility index (Phi) is 7.60. The van der Waals surface area contributed by atoms with Crippen molar-refractivity contribution in [3.63, 3.8) is 0 Å². The molecule has 2 rings (SSSR count). The number of hydrogen-bond donors (Lipinski definition) is 3. The van der Waals surface area contributed by atoms with Crippen LogP contribution < -0.4 is 16.0 Å². The van der Waals surface area contributed by atoms with Crippen molar-refractivity contribution in [2.45, 2.75) is 52.6 Å². The van der Waals surface area contributed by atoms with Crippen molar-refractivity contribution in [1.82, 2.24) is 10.6 Å². The van der Waals surface area contributed by atoms with Gasteiger partial charge in [-0.1, -0.05) is 32.9 Å². The van der Waals surface area contributed by atoms with Gasteiger partial charge in [0.2, 0.25) is 11.8 Å². The van der Waals surface area contributed by atoms with Crippen molar-refractivity contribution >= 4 is 17.5 Å². The molecule has 0 aromatic heterocycles. The number of hydrogen-bond acceptors (Lipinski definition) is 4. The van der Waals surface area contributed by atoms with Gasteiger partial charge in [0.1, 0.15) is 6.04 Å². The Labute approximate surface area is 132 Å². The van der Waals surface area contributed by atoms with Crippen LogP contribution in [0.5, 0.6) is 0 Å². The molecule has 2 atom stereocenters. The zero-order chi connectivity index (χ0) is 16.5. The van der Waals surface area contributed by atoms with Crippen LogP contribution in [0.1, 0.15) is 52.1 Å². The van der Waals surface area contributed by atoms with E-state index in [0.717, 1.165) is 12.2 Å². The maximum absolute atomic E-state index is 11.7. The van der Waals surface area contributed by atoms with Crippen LogP contribution in [0.3, 0.4) is 0 Å². The Bertz CT molecular complexity index is 485. The Hall–Kier alpha value is -1.88. The molecule has 1 aliphatic rings. The Morgan fingerprint density at radius 2 is 1.86 bits per heavy atom. The summed E-state index contributed by atoms with van der Waals surface area (Å²) in [7, 11) is 0. The molecule has 1 aromatic carbocycles. The Morgan fingerprint density at radius 3 is 2.41 bits per heavy atom. The van der Waals surface area contributed by atoms with Crippen LogP contribution in [0, 0.1) is 0 Å². The predicted molar refractivity (Wildman–Crippen MR) is 89.7 cm³/mol. The summed E-state index contributed by atoms with van der Waals surface area (Å²) < 4.78 is 0. The molecule has 22 heavy (non-hydrogen) atoms. The van der Waals surface area contributed by atoms with E-state index in [1.54, 1.807) is 0 Å². The molecular formula is C17H27N3O2. The van der Waals surface area contributed by atoms with Crippen LogP contribution in [0.4, 0.5) is 5.69 Å². The van der Waals surface area contributed by atoms with Crippen molar-refractivity contribution in [2.24, 2.45) is 0 Å². The molecular weight excluding hydrogens is 278 g/mol. The number of carbonyl (C=O) groups is 2. The molecule has 0 spiro atoms. The SMILES string of the molecule is CC.CCN[C@H](C)c1ccc(NC2CCC(=O)NC2=O)cc1. The number of anilines is 1. The number of carbonyl (C=O) groups excluding carboxylic acids is 2. The largest absolute Gasteiger partial charge is 0.374 e. The molecule has 1 fully saturated rings. The first-order valence-corrected chi connectivity index (χ1v) is 8.03. The van der Waals surface area contributed by atoms with E-state index < -0.39 is 0 Å². The van der Waals surface area contributed by atoms with Gasteiger partial charge >= 0.3 is 0 Å². The number of rotatable bonds is 5. The fourth-order valence-corrected chi connectivity index (χ4v) is 2.32. The quantitative estimate of drug-likeness (QED) is 0.731. The van der Waals surface area contributed by atoms with Gasteiger partial charge in [0.05, 0.1) is 0 Å². The van der Waals surface area contributed by atoms with Gasteiger partial charge in [-0.15, -0.1) is 0 Å². The van der Waals surface area contributed by atoms with E-state index in [4.69, 9.17) is 0 Å². The molecule has 0 bridgehead atoms. The van der Waals surface area contributed by atoms with E-state index in [0.29, 0.717) is 18.9 Å². The van der Waals surface area contributed by atoms with Crippen LogP contribution in [-0.2, 0) is 9.59 Å². The molecule has 0 aliphatic carbocycles. The summed E-state index contributed by atoms with van der Waals surface area (Å²) in [5, 5.41) is 8.86. The fraction of sp³-hybridized carbons (Fsp3) is 0.529. The monoisotopic (exact) mass is 305 g/mol. The van der Waals surface area contributed by atoms with Crippen LogP contribution in [-0.4, -0.2) is 24.4 Å². The highest BCUT2D eigenvalue weighted by molar-refractivity contribution is 6.01. The van der Waals surface area contributed by atoms with E-state index >= 15 is 0 Å². The van der Waals surface area contributed by atoms with Crippen molar-refractivity contribution in [3.8, 4) is 0 Å². The molecule has 1 aromatic rings. The van der Waals surface area contributed by atoms with Crippen molar-refractivity contribution < 1.29 is 9.59 Å². The molecule has 2 amide bonds. The molecule has 1 aliphatic heterocycles. The smallest absolute Gasteiger partial charge is 0.249 e. The molecule has 122 valence electrons. The van der Waals surface area contributed by atoms with E-state index in [-0.39, 0.29) is 17.9 Å². The molecule has 1 heterocycles. The Balaban J connectivity index is 0.00000116. The number of benzene rings is 1. The second kappa shape index (κ2) is 9.20. The molecule has 3 N–H and O–H groups in total. The number of imide groups is 1. The second-order valence-corrected chi connectivity index (χ2v) is 5.05. The number of piperidine rings is 1. The minimum Gasteiger partial charge on any atom is -0.374 e. The average Bonchev–Trinajstić information content (AvgIpc) is 2.53. The lowest BCUT2D eigenvalue weighted by Gasteiger charge is -2.23. The van der Waals surface area contributed by atoms with E-state index in [2.05, 4.69) is 29.8 Å². The summed E-state index contributed by atoms with van der Waals surface area (Å²) in [6.45, 7) is 9.12. The molecule has 0 radical (unpaired) electrons. The first kappa shape index (κ1) is 18.2. The molecule has 1 unspecified atom stereocenters. The Morgan fingerprint density at radius 1 is 1.23 bits per heavy atom. The van der Waals surface area contributed by atoms with Crippen molar-refractivity contribution in [2.75, 3.05) is 11.9 Å². The van der Waals surface area contributed by atoms with Gasteiger partial charge in [-0.2, -0.15) is 0 Å². The van der Waals surface area contributed by atoms with Gasteiger partial charge in [0.25, 0.3) is 0 Å². The minimum absolute atomic E-state index is 0.192. The van der Waals surface area contributed by atoms with E-state index in [1.165, 1.54) is 5.56 Å². The first-order chi connectivity index (χ1) is 10.6. The fourth-order valence-electron chi connectivity index (χ4n) is 2.32. The predicted octanol–water partition coefficient (Wildman–Crippen LogP) is 2.60. The summed E-state index contributed by atoms with van der Waals surface area (Å²) in [6, 6.07) is 8.00. The standard InChI is InChI=1S/C15H21N3O2.C2H6/c1-3-16-10(2)11-4-6-12(7-5-11)17-13-8-9-14(19)18-15(13)20;1-2/h4-7,10,13,16-17H,3,8-9H2,1-2H3,(H,18,19,20);1-2H3/t10-,13?;/m1./s1. The highest BCUT2D eigenvalue weighted by Gasteiger charge is 2.26. The van der Waals surface area contributed by atoms with Crippen molar-refractivity contribution in [3.05, 3.63) is 29.8 Å². The summed E-state index contributed by atoms with van der Waals surface area (Å²) in [5.41, 5.74) is 2.10. The zero-order valence-electron chi connectivity index (χ0n) is 13.9. The first-order valence-electron chi connectivity index (χ1n) is 8.03. The van der Waals surface area contributed by atoms with Crippen LogP contribution >= 0.6 is 0 Å². The minimum atomic E-state index is -0.329. The highest BCUT2D eigenvalue weighted by Crippen LogP contribution is 2.18. The van der Waals surface area contributed by atoms with Gasteiger partial charge in [-0.25, -0.2) is 0 Å². The van der Waals surface area contributed by atoms with Gasteiger partial charge < -0.3 is 10.6 Å². The molecule has 5 heteroatoms. The lowest BCUT2D eigenvalue weighted by molar-refractivity contribution is -0.133. The topological polar surface area (TPSA) is 70.2 Å². The summed E-state index contributed by atoms with van der Waals surface area (Å²) >= 11 is 0. The average molecular weight is 305 g/mol. The normalized spacial score (nSPS) is 18.8.